The van der Waals surface area contributed by atoms with Crippen LogP contribution in [0.3, 0.4) is 0 Å². The minimum atomic E-state index is -1.13. The summed E-state index contributed by atoms with van der Waals surface area (Å²) < 4.78 is 31.8. The van der Waals surface area contributed by atoms with Gasteiger partial charge in [0.25, 0.3) is 0 Å². The highest BCUT2D eigenvalue weighted by atomic mass is 19.2. The third-order valence-corrected chi connectivity index (χ3v) is 2.38. The van der Waals surface area contributed by atoms with Crippen molar-refractivity contribution in [3.05, 3.63) is 53.6 Å². The molecule has 0 saturated carbocycles. The molecule has 0 radical (unpaired) electrons. The van der Waals surface area contributed by atoms with E-state index in [1.54, 1.807) is 18.2 Å². The smallest absolute Gasteiger partial charge is 0.203 e. The van der Waals surface area contributed by atoms with Gasteiger partial charge >= 0.3 is 0 Å². The van der Waals surface area contributed by atoms with Crippen LogP contribution in [0.2, 0.25) is 0 Å². The molecule has 2 aromatic carbocycles. The molecule has 3 N–H and O–H groups in total. The summed E-state index contributed by atoms with van der Waals surface area (Å²) in [6.07, 6.45) is 0. The number of anilines is 1. The van der Waals surface area contributed by atoms with E-state index in [2.05, 4.69) is 0 Å². The molecular formula is C13H11F2NO2. The standard InChI is InChI=1S/C13H11F2NO2/c14-10-4-5-11(16)13(12(10)15)18-9-3-1-2-8(6-9)7-17/h1-6,17H,7,16H2. The van der Waals surface area contributed by atoms with E-state index in [4.69, 9.17) is 15.6 Å². The first-order chi connectivity index (χ1) is 8.61. The minimum absolute atomic E-state index is 0.00306. The van der Waals surface area contributed by atoms with Crippen molar-refractivity contribution in [1.82, 2.24) is 0 Å². The number of nitrogen functional groups attached to an aromatic ring is 1. The van der Waals surface area contributed by atoms with Gasteiger partial charge in [0.2, 0.25) is 5.82 Å². The molecule has 0 saturated heterocycles. The first kappa shape index (κ1) is 12.3. The first-order valence-corrected chi connectivity index (χ1v) is 5.23. The van der Waals surface area contributed by atoms with E-state index in [1.807, 2.05) is 0 Å². The van der Waals surface area contributed by atoms with Crippen LogP contribution < -0.4 is 10.5 Å². The Hall–Kier alpha value is -2.14. The topological polar surface area (TPSA) is 55.5 Å². The van der Waals surface area contributed by atoms with Crippen molar-refractivity contribution < 1.29 is 18.6 Å². The second kappa shape index (κ2) is 5.01. The maximum absolute atomic E-state index is 13.5. The minimum Gasteiger partial charge on any atom is -0.452 e. The number of nitrogens with two attached hydrogens (primary N) is 1. The molecule has 0 unspecified atom stereocenters. The lowest BCUT2D eigenvalue weighted by molar-refractivity contribution is 0.281. The molecule has 0 atom stereocenters. The Morgan fingerprint density at radius 2 is 1.94 bits per heavy atom. The number of hydrogen-bond donors (Lipinski definition) is 2. The fourth-order valence-electron chi connectivity index (χ4n) is 1.48. The Morgan fingerprint density at radius 3 is 2.67 bits per heavy atom. The largest absolute Gasteiger partial charge is 0.452 e. The number of aliphatic hydroxyl groups is 1. The first-order valence-electron chi connectivity index (χ1n) is 5.23. The van der Waals surface area contributed by atoms with Crippen molar-refractivity contribution in [3.63, 3.8) is 0 Å². The van der Waals surface area contributed by atoms with Crippen LogP contribution in [0.1, 0.15) is 5.56 Å². The molecule has 94 valence electrons. The molecular weight excluding hydrogens is 240 g/mol. The number of ether oxygens (including phenoxy) is 1. The highest BCUT2D eigenvalue weighted by molar-refractivity contribution is 5.55. The van der Waals surface area contributed by atoms with Gasteiger partial charge in [0.1, 0.15) is 5.75 Å². The van der Waals surface area contributed by atoms with Gasteiger partial charge in [-0.3, -0.25) is 0 Å². The number of aliphatic hydroxyl groups excluding tert-OH is 1. The fourth-order valence-corrected chi connectivity index (χ4v) is 1.48. The molecule has 2 rings (SSSR count). The molecule has 0 aromatic heterocycles. The molecule has 0 fully saturated rings. The zero-order valence-electron chi connectivity index (χ0n) is 9.36. The number of hydrogen-bond acceptors (Lipinski definition) is 3. The normalized spacial score (nSPS) is 10.4. The van der Waals surface area contributed by atoms with Crippen LogP contribution in [-0.2, 0) is 6.61 Å². The van der Waals surface area contributed by atoms with Gasteiger partial charge in [-0.15, -0.1) is 0 Å². The summed E-state index contributed by atoms with van der Waals surface area (Å²) in [5, 5.41) is 8.97. The lowest BCUT2D eigenvalue weighted by Crippen LogP contribution is -1.98. The van der Waals surface area contributed by atoms with E-state index in [-0.39, 0.29) is 23.8 Å². The summed E-state index contributed by atoms with van der Waals surface area (Å²) in [6.45, 7) is -0.168. The van der Waals surface area contributed by atoms with Gasteiger partial charge in [-0.1, -0.05) is 12.1 Å². The summed E-state index contributed by atoms with van der Waals surface area (Å²) in [7, 11) is 0. The molecule has 0 bridgehead atoms. The Morgan fingerprint density at radius 1 is 1.17 bits per heavy atom. The summed E-state index contributed by atoms with van der Waals surface area (Å²) in [5.74, 6) is -2.25. The van der Waals surface area contributed by atoms with Gasteiger partial charge in [-0.25, -0.2) is 4.39 Å². The molecule has 5 heteroatoms. The zero-order valence-corrected chi connectivity index (χ0v) is 9.36. The number of rotatable bonds is 3. The van der Waals surface area contributed by atoms with E-state index >= 15 is 0 Å². The van der Waals surface area contributed by atoms with Gasteiger partial charge < -0.3 is 15.6 Å². The molecule has 0 amide bonds. The Balaban J connectivity index is 2.36. The van der Waals surface area contributed by atoms with Crippen molar-refractivity contribution >= 4 is 5.69 Å². The van der Waals surface area contributed by atoms with Crippen LogP contribution in [0, 0.1) is 11.6 Å². The van der Waals surface area contributed by atoms with Crippen molar-refractivity contribution in [2.24, 2.45) is 0 Å². The van der Waals surface area contributed by atoms with Crippen LogP contribution in [0.5, 0.6) is 11.5 Å². The third-order valence-electron chi connectivity index (χ3n) is 2.38. The van der Waals surface area contributed by atoms with E-state index in [1.165, 1.54) is 12.1 Å². The SMILES string of the molecule is Nc1ccc(F)c(F)c1Oc1cccc(CO)c1. The quantitative estimate of drug-likeness (QED) is 0.825. The van der Waals surface area contributed by atoms with Gasteiger partial charge in [-0.05, 0) is 29.8 Å². The van der Waals surface area contributed by atoms with Crippen molar-refractivity contribution in [2.75, 3.05) is 5.73 Å². The predicted molar refractivity (Wildman–Crippen MR) is 63.2 cm³/mol. The van der Waals surface area contributed by atoms with Crippen molar-refractivity contribution in [1.29, 1.82) is 0 Å². The summed E-state index contributed by atoms with van der Waals surface area (Å²) in [4.78, 5) is 0. The molecule has 0 aliphatic rings. The second-order valence-corrected chi connectivity index (χ2v) is 3.69. The van der Waals surface area contributed by atoms with Crippen LogP contribution in [0.4, 0.5) is 14.5 Å². The molecule has 0 aliphatic carbocycles. The van der Waals surface area contributed by atoms with Crippen molar-refractivity contribution in [3.8, 4) is 11.5 Å². The Labute approximate surface area is 102 Å². The number of benzene rings is 2. The van der Waals surface area contributed by atoms with E-state index in [0.29, 0.717) is 5.56 Å². The van der Waals surface area contributed by atoms with Gasteiger partial charge in [0, 0.05) is 0 Å². The lowest BCUT2D eigenvalue weighted by Gasteiger charge is -2.10. The third kappa shape index (κ3) is 2.41. The molecule has 2 aromatic rings. The predicted octanol–water partition coefficient (Wildman–Crippen LogP) is 2.83. The molecule has 0 spiro atoms. The summed E-state index contributed by atoms with van der Waals surface area (Å²) in [6, 6.07) is 8.55. The van der Waals surface area contributed by atoms with Gasteiger partial charge in [-0.2, -0.15) is 4.39 Å². The number of halogens is 2. The Bertz CT molecular complexity index is 573. The highest BCUT2D eigenvalue weighted by Crippen LogP contribution is 2.32. The van der Waals surface area contributed by atoms with Crippen LogP contribution in [0.25, 0.3) is 0 Å². The van der Waals surface area contributed by atoms with Gasteiger partial charge in [0.15, 0.2) is 11.6 Å². The average molecular weight is 251 g/mol. The molecule has 0 aliphatic heterocycles. The maximum Gasteiger partial charge on any atom is 0.203 e. The maximum atomic E-state index is 13.5. The zero-order chi connectivity index (χ0) is 13.1. The molecule has 0 heterocycles. The molecule has 3 nitrogen and oxygen atoms in total. The lowest BCUT2D eigenvalue weighted by atomic mass is 10.2. The fraction of sp³-hybridized carbons (Fsp3) is 0.0769. The van der Waals surface area contributed by atoms with E-state index < -0.39 is 11.6 Å². The second-order valence-electron chi connectivity index (χ2n) is 3.69. The van der Waals surface area contributed by atoms with Crippen LogP contribution in [0.15, 0.2) is 36.4 Å². The van der Waals surface area contributed by atoms with E-state index in [0.717, 1.165) is 6.07 Å². The van der Waals surface area contributed by atoms with Gasteiger partial charge in [0.05, 0.1) is 12.3 Å². The Kier molecular flexibility index (Phi) is 3.43. The highest BCUT2D eigenvalue weighted by Gasteiger charge is 2.14. The summed E-state index contributed by atoms with van der Waals surface area (Å²) in [5.41, 5.74) is 6.13. The van der Waals surface area contributed by atoms with Crippen molar-refractivity contribution in [2.45, 2.75) is 6.61 Å². The monoisotopic (exact) mass is 251 g/mol. The van der Waals surface area contributed by atoms with E-state index in [9.17, 15) is 8.78 Å². The van der Waals surface area contributed by atoms with Crippen LogP contribution >= 0.6 is 0 Å². The van der Waals surface area contributed by atoms with Crippen LogP contribution in [-0.4, -0.2) is 5.11 Å². The average Bonchev–Trinajstić information content (AvgIpc) is 2.39. The summed E-state index contributed by atoms with van der Waals surface area (Å²) >= 11 is 0. The molecule has 18 heavy (non-hydrogen) atoms.